The van der Waals surface area contributed by atoms with Crippen molar-refractivity contribution in [2.45, 2.75) is 87.2 Å². The van der Waals surface area contributed by atoms with Gasteiger partial charge in [-0.05, 0) is 37.6 Å². The lowest BCUT2D eigenvalue weighted by Crippen LogP contribution is -2.63. The molecule has 0 bridgehead atoms. The second kappa shape index (κ2) is 13.1. The Morgan fingerprint density at radius 3 is 2.39 bits per heavy atom. The van der Waals surface area contributed by atoms with Gasteiger partial charge in [0, 0.05) is 6.08 Å². The Balaban J connectivity index is 1.34. The van der Waals surface area contributed by atoms with Crippen LogP contribution in [0.2, 0.25) is 0 Å². The molecule has 2 saturated heterocycles. The van der Waals surface area contributed by atoms with Crippen LogP contribution in [-0.4, -0.2) is 122 Å². The molecule has 1 aromatic carbocycles. The summed E-state index contributed by atoms with van der Waals surface area (Å²) in [6.07, 6.45) is -10.1. The molecule has 13 atom stereocenters. The van der Waals surface area contributed by atoms with Crippen LogP contribution in [0.3, 0.4) is 0 Å². The van der Waals surface area contributed by atoms with Crippen LogP contribution in [0.15, 0.2) is 60.4 Å². The molecule has 14 nitrogen and oxygen atoms in total. The van der Waals surface area contributed by atoms with E-state index in [1.54, 1.807) is 31.2 Å². The summed E-state index contributed by atoms with van der Waals surface area (Å²) >= 11 is 0. The summed E-state index contributed by atoms with van der Waals surface area (Å²) in [6, 6.07) is 8.94. The van der Waals surface area contributed by atoms with E-state index >= 15 is 0 Å². The average Bonchev–Trinajstić information content (AvgIpc) is 3.27. The number of rotatable bonds is 8. The zero-order valence-electron chi connectivity index (χ0n) is 23.9. The molecule has 2 fully saturated rings. The molecular formula is C30H36O14. The number of esters is 1. The fourth-order valence-electron chi connectivity index (χ4n) is 5.72. The van der Waals surface area contributed by atoms with Gasteiger partial charge in [0.2, 0.25) is 6.29 Å². The minimum atomic E-state index is -1.86. The van der Waals surface area contributed by atoms with Crippen molar-refractivity contribution in [3.63, 3.8) is 0 Å². The summed E-state index contributed by atoms with van der Waals surface area (Å²) < 4.78 is 34.2. The van der Waals surface area contributed by atoms with E-state index in [1.165, 1.54) is 25.2 Å². The fraction of sp³-hybridized carbons (Fsp3) is 0.533. The molecule has 1 aromatic rings. The molecule has 3 aliphatic heterocycles. The normalized spacial score (nSPS) is 42.1. The number of fused-ring (bicyclic) bond motifs is 1. The number of hydrogen-bond acceptors (Lipinski definition) is 14. The topological polar surface area (TPSA) is 211 Å². The Hall–Kier alpha value is -3.02. The number of carbonyl (C=O) groups is 2. The number of aliphatic hydroxyl groups is 6. The maximum Gasteiger partial charge on any atom is 0.331 e. The molecule has 1 aliphatic carbocycles. The van der Waals surface area contributed by atoms with Gasteiger partial charge in [0.1, 0.15) is 36.6 Å². The van der Waals surface area contributed by atoms with E-state index in [9.17, 15) is 40.2 Å². The molecule has 44 heavy (non-hydrogen) atoms. The molecule has 3 heterocycles. The maximum absolute atomic E-state index is 13.4. The van der Waals surface area contributed by atoms with Crippen LogP contribution < -0.4 is 0 Å². The first-order valence-corrected chi connectivity index (χ1v) is 14.1. The third-order valence-electron chi connectivity index (χ3n) is 8.17. The van der Waals surface area contributed by atoms with E-state index in [-0.39, 0.29) is 0 Å². The summed E-state index contributed by atoms with van der Waals surface area (Å²) in [5, 5.41) is 62.2. The van der Waals surface area contributed by atoms with Gasteiger partial charge in [0.15, 0.2) is 30.1 Å². The number of aliphatic hydroxyl groups excluding tert-OH is 6. The van der Waals surface area contributed by atoms with Crippen molar-refractivity contribution >= 4 is 17.8 Å². The van der Waals surface area contributed by atoms with E-state index in [1.807, 2.05) is 6.07 Å². The van der Waals surface area contributed by atoms with Gasteiger partial charge in [-0.25, -0.2) is 4.79 Å². The molecule has 0 aromatic heterocycles. The minimum absolute atomic E-state index is 0.432. The first kappa shape index (κ1) is 32.4. The van der Waals surface area contributed by atoms with Gasteiger partial charge >= 0.3 is 5.97 Å². The highest BCUT2D eigenvalue weighted by molar-refractivity contribution is 6.03. The first-order chi connectivity index (χ1) is 21.0. The molecule has 0 radical (unpaired) electrons. The van der Waals surface area contributed by atoms with Gasteiger partial charge in [0.05, 0.1) is 24.9 Å². The first-order valence-electron chi connectivity index (χ1n) is 14.1. The van der Waals surface area contributed by atoms with Crippen LogP contribution in [0.4, 0.5) is 0 Å². The molecule has 6 N–H and O–H groups in total. The second-order valence-corrected chi connectivity index (χ2v) is 11.1. The molecule has 14 heteroatoms. The van der Waals surface area contributed by atoms with Gasteiger partial charge in [0.25, 0.3) is 0 Å². The van der Waals surface area contributed by atoms with E-state index in [0.29, 0.717) is 5.57 Å². The van der Waals surface area contributed by atoms with Crippen molar-refractivity contribution in [3.8, 4) is 0 Å². The highest BCUT2D eigenvalue weighted by Gasteiger charge is 2.60. The van der Waals surface area contributed by atoms with Crippen LogP contribution >= 0.6 is 0 Å². The Morgan fingerprint density at radius 2 is 1.68 bits per heavy atom. The summed E-state index contributed by atoms with van der Waals surface area (Å²) in [7, 11) is 0. The molecule has 5 rings (SSSR count). The monoisotopic (exact) mass is 620 g/mol. The molecular weight excluding hydrogens is 584 g/mol. The molecule has 0 saturated carbocycles. The van der Waals surface area contributed by atoms with Gasteiger partial charge < -0.3 is 59.1 Å². The van der Waals surface area contributed by atoms with Gasteiger partial charge in [-0.3, -0.25) is 4.79 Å². The highest BCUT2D eigenvalue weighted by atomic mass is 16.8. The number of carbonyl (C=O) groups excluding carboxylic acids is 2. The standard InChI is InChI=1S/C30H36O14/c1-14-12-18(32)30(10-11-39-27(20(14)30)43-28-24(37)23(36)22(35)17(13-31)41-28)44-29-25(38)26(21(34)15(2)40-29)42-19(33)9-8-16-6-4-3-5-7-16/h3-12,15,17,20-29,31,34-38H,13H2,1-2H3/b9-8+. The van der Waals surface area contributed by atoms with Gasteiger partial charge in [-0.15, -0.1) is 0 Å². The van der Waals surface area contributed by atoms with Crippen LogP contribution in [0.5, 0.6) is 0 Å². The number of benzene rings is 1. The van der Waals surface area contributed by atoms with E-state index < -0.39 is 97.6 Å². The predicted molar refractivity (Wildman–Crippen MR) is 147 cm³/mol. The largest absolute Gasteiger partial charge is 0.472 e. The molecule has 240 valence electrons. The average molecular weight is 621 g/mol. The maximum atomic E-state index is 13.4. The fourth-order valence-corrected chi connectivity index (χ4v) is 5.72. The van der Waals surface area contributed by atoms with Crippen LogP contribution in [0.25, 0.3) is 6.08 Å². The van der Waals surface area contributed by atoms with Gasteiger partial charge in [-0.1, -0.05) is 35.9 Å². The number of hydrogen-bond donors (Lipinski definition) is 6. The Kier molecular flexibility index (Phi) is 9.67. The Morgan fingerprint density at radius 1 is 0.955 bits per heavy atom. The Bertz CT molecular complexity index is 1280. The number of ketones is 1. The summed E-state index contributed by atoms with van der Waals surface area (Å²) in [5.41, 5.74) is -0.704. The minimum Gasteiger partial charge on any atom is -0.472 e. The van der Waals surface area contributed by atoms with E-state index in [2.05, 4.69) is 0 Å². The second-order valence-electron chi connectivity index (χ2n) is 11.1. The van der Waals surface area contributed by atoms with Gasteiger partial charge in [-0.2, -0.15) is 0 Å². The zero-order valence-corrected chi connectivity index (χ0v) is 23.9. The van der Waals surface area contributed by atoms with Crippen LogP contribution in [-0.2, 0) is 38.0 Å². The summed E-state index contributed by atoms with van der Waals surface area (Å²) in [6.45, 7) is 2.40. The summed E-state index contributed by atoms with van der Waals surface area (Å²) in [4.78, 5) is 26.0. The third kappa shape index (κ3) is 6.10. The van der Waals surface area contributed by atoms with E-state index in [4.69, 9.17) is 28.4 Å². The SMILES string of the molecule is CC1=CC(=O)C2(OC3OC(C)C(O)C(OC(=O)/C=C/c4ccccc4)C3O)C=COC(OC3OC(CO)C(O)C(O)C3O)C12. The van der Waals surface area contributed by atoms with Crippen molar-refractivity contribution in [1.82, 2.24) is 0 Å². The quantitative estimate of drug-likeness (QED) is 0.147. The van der Waals surface area contributed by atoms with Crippen molar-refractivity contribution in [2.24, 2.45) is 5.92 Å². The van der Waals surface area contributed by atoms with Crippen molar-refractivity contribution < 1.29 is 68.6 Å². The molecule has 13 unspecified atom stereocenters. The van der Waals surface area contributed by atoms with Crippen LogP contribution in [0, 0.1) is 5.92 Å². The van der Waals surface area contributed by atoms with Crippen molar-refractivity contribution in [1.29, 1.82) is 0 Å². The third-order valence-corrected chi connectivity index (χ3v) is 8.17. The van der Waals surface area contributed by atoms with Crippen molar-refractivity contribution in [3.05, 3.63) is 66.0 Å². The van der Waals surface area contributed by atoms with E-state index in [0.717, 1.165) is 17.9 Å². The molecule has 0 amide bonds. The smallest absolute Gasteiger partial charge is 0.331 e. The number of ether oxygens (including phenoxy) is 6. The highest BCUT2D eigenvalue weighted by Crippen LogP contribution is 2.46. The van der Waals surface area contributed by atoms with Crippen LogP contribution in [0.1, 0.15) is 19.4 Å². The lowest BCUT2D eigenvalue weighted by Gasteiger charge is -2.47. The lowest BCUT2D eigenvalue weighted by molar-refractivity contribution is -0.353. The lowest BCUT2D eigenvalue weighted by atomic mass is 9.83. The molecule has 0 spiro atoms. The summed E-state index contributed by atoms with van der Waals surface area (Å²) in [5.74, 6) is -2.43. The molecule has 4 aliphatic rings. The Labute approximate surface area is 252 Å². The zero-order chi connectivity index (χ0) is 31.8. The van der Waals surface area contributed by atoms with Crippen molar-refractivity contribution in [2.75, 3.05) is 6.61 Å². The predicted octanol–water partition coefficient (Wildman–Crippen LogP) is -1.33.